The topological polar surface area (TPSA) is 79.0 Å². The predicted molar refractivity (Wildman–Crippen MR) is 119 cm³/mol. The Morgan fingerprint density at radius 2 is 1.77 bits per heavy atom. The number of carbonyl (C=O) groups is 3. The molecule has 2 saturated heterocycles. The predicted octanol–water partition coefficient (Wildman–Crippen LogP) is 4.22. The highest BCUT2D eigenvalue weighted by atomic mass is 16.6. The minimum absolute atomic E-state index is 0.0456. The van der Waals surface area contributed by atoms with Crippen molar-refractivity contribution in [3.63, 3.8) is 0 Å². The van der Waals surface area contributed by atoms with Crippen LogP contribution in [-0.2, 0) is 4.74 Å². The molecule has 2 aromatic carbocycles. The second kappa shape index (κ2) is 8.79. The molecule has 31 heavy (non-hydrogen) atoms. The monoisotopic (exact) mass is 421 g/mol. The van der Waals surface area contributed by atoms with Gasteiger partial charge in [0.25, 0.3) is 11.8 Å². The summed E-state index contributed by atoms with van der Waals surface area (Å²) >= 11 is 0. The first-order valence-electron chi connectivity index (χ1n) is 10.7. The van der Waals surface area contributed by atoms with E-state index in [1.54, 1.807) is 36.4 Å². The number of rotatable bonds is 4. The van der Waals surface area contributed by atoms with Crippen LogP contribution in [0.4, 0.5) is 16.2 Å². The smallest absolute Gasteiger partial charge is 0.414 e. The molecule has 2 fully saturated rings. The van der Waals surface area contributed by atoms with Crippen LogP contribution in [0.15, 0.2) is 42.5 Å². The Morgan fingerprint density at radius 3 is 2.42 bits per heavy atom. The minimum Gasteiger partial charge on any atom is -0.447 e. The Kier molecular flexibility index (Phi) is 5.93. The summed E-state index contributed by atoms with van der Waals surface area (Å²) in [5.41, 5.74) is 3.33. The summed E-state index contributed by atoms with van der Waals surface area (Å²) in [5, 5.41) is 2.91. The molecule has 2 aromatic rings. The van der Waals surface area contributed by atoms with Gasteiger partial charge in [0.05, 0.1) is 6.54 Å². The van der Waals surface area contributed by atoms with Gasteiger partial charge in [-0.05, 0) is 81.1 Å². The summed E-state index contributed by atoms with van der Waals surface area (Å²) in [6.45, 7) is 5.65. The number of benzene rings is 2. The quantitative estimate of drug-likeness (QED) is 0.802. The van der Waals surface area contributed by atoms with Crippen LogP contribution in [0.2, 0.25) is 0 Å². The molecule has 1 atom stereocenters. The maximum atomic E-state index is 12.9. The van der Waals surface area contributed by atoms with Crippen LogP contribution in [0.3, 0.4) is 0 Å². The lowest BCUT2D eigenvalue weighted by Gasteiger charge is -2.33. The van der Waals surface area contributed by atoms with E-state index in [2.05, 4.69) is 12.2 Å². The third-order valence-corrected chi connectivity index (χ3v) is 5.99. The van der Waals surface area contributed by atoms with Crippen molar-refractivity contribution in [2.24, 2.45) is 0 Å². The van der Waals surface area contributed by atoms with Gasteiger partial charge in [-0.3, -0.25) is 14.5 Å². The van der Waals surface area contributed by atoms with Crippen LogP contribution in [0.1, 0.15) is 52.5 Å². The fourth-order valence-corrected chi connectivity index (χ4v) is 4.12. The summed E-state index contributed by atoms with van der Waals surface area (Å²) in [6.07, 6.45) is 2.87. The number of anilines is 2. The molecule has 1 N–H and O–H groups in total. The molecule has 0 aromatic heterocycles. The van der Waals surface area contributed by atoms with Gasteiger partial charge in [0.2, 0.25) is 0 Å². The second-order valence-electron chi connectivity index (χ2n) is 8.14. The average Bonchev–Trinajstić information content (AvgIpc) is 3.21. The van der Waals surface area contributed by atoms with E-state index in [4.69, 9.17) is 4.74 Å². The number of likely N-dealkylation sites (tertiary alicyclic amines) is 1. The number of nitrogens with one attached hydrogen (secondary N) is 1. The maximum Gasteiger partial charge on any atom is 0.414 e. The first kappa shape index (κ1) is 20.9. The fraction of sp³-hybridized carbons (Fsp3) is 0.375. The molecule has 0 radical (unpaired) electrons. The van der Waals surface area contributed by atoms with E-state index in [1.165, 1.54) is 4.90 Å². The van der Waals surface area contributed by atoms with Gasteiger partial charge in [-0.1, -0.05) is 0 Å². The Balaban J connectivity index is 1.43. The molecular weight excluding hydrogens is 394 g/mol. The molecule has 162 valence electrons. The lowest BCUT2D eigenvalue weighted by Crippen LogP contribution is -2.42. The van der Waals surface area contributed by atoms with Crippen LogP contribution in [0.25, 0.3) is 0 Å². The fourth-order valence-electron chi connectivity index (χ4n) is 4.12. The third-order valence-electron chi connectivity index (χ3n) is 5.99. The van der Waals surface area contributed by atoms with Crippen LogP contribution >= 0.6 is 0 Å². The van der Waals surface area contributed by atoms with Gasteiger partial charge >= 0.3 is 6.09 Å². The van der Waals surface area contributed by atoms with Crippen LogP contribution in [0, 0.1) is 6.92 Å². The molecule has 1 unspecified atom stereocenters. The highest BCUT2D eigenvalue weighted by molar-refractivity contribution is 6.05. The summed E-state index contributed by atoms with van der Waals surface area (Å²) < 4.78 is 4.94. The zero-order valence-electron chi connectivity index (χ0n) is 17.9. The van der Waals surface area contributed by atoms with Crippen molar-refractivity contribution >= 4 is 29.3 Å². The molecule has 0 spiro atoms. The number of cyclic esters (lactones) is 1. The van der Waals surface area contributed by atoms with Gasteiger partial charge in [-0.25, -0.2) is 4.79 Å². The molecule has 0 saturated carbocycles. The summed E-state index contributed by atoms with van der Waals surface area (Å²) in [7, 11) is 0. The lowest BCUT2D eigenvalue weighted by molar-refractivity contribution is 0.0635. The largest absolute Gasteiger partial charge is 0.447 e. The van der Waals surface area contributed by atoms with Gasteiger partial charge in [0.1, 0.15) is 6.61 Å². The van der Waals surface area contributed by atoms with Crippen LogP contribution < -0.4 is 10.2 Å². The van der Waals surface area contributed by atoms with Crippen molar-refractivity contribution in [3.8, 4) is 0 Å². The van der Waals surface area contributed by atoms with Crippen LogP contribution in [0.5, 0.6) is 0 Å². The molecule has 0 aliphatic carbocycles. The van der Waals surface area contributed by atoms with E-state index in [1.807, 2.05) is 17.9 Å². The SMILES string of the molecule is Cc1cc(C(=O)N2CCCCC2C)ccc1NC(=O)c1ccc(N2CCOC2=O)cc1. The molecule has 4 rings (SSSR count). The molecule has 0 bridgehead atoms. The van der Waals surface area contributed by atoms with E-state index in [0.29, 0.717) is 35.7 Å². The minimum atomic E-state index is -0.374. The van der Waals surface area contributed by atoms with E-state index in [0.717, 1.165) is 31.4 Å². The Labute approximate surface area is 182 Å². The highest BCUT2D eigenvalue weighted by Gasteiger charge is 2.25. The molecule has 7 heteroatoms. The van der Waals surface area contributed by atoms with E-state index in [-0.39, 0.29) is 23.9 Å². The standard InChI is InChI=1S/C24H27N3O4/c1-16-15-19(23(29)26-12-4-3-5-17(26)2)8-11-21(16)25-22(28)18-6-9-20(10-7-18)27-13-14-31-24(27)30/h6-11,15,17H,3-5,12-14H2,1-2H3,(H,25,28). The van der Waals surface area contributed by atoms with E-state index in [9.17, 15) is 14.4 Å². The van der Waals surface area contributed by atoms with Crippen molar-refractivity contribution in [2.75, 3.05) is 29.9 Å². The lowest BCUT2D eigenvalue weighted by atomic mass is 10.0. The zero-order chi connectivity index (χ0) is 22.0. The number of carbonyl (C=O) groups excluding carboxylic acids is 3. The Bertz CT molecular complexity index is 1000. The number of ether oxygens (including phenoxy) is 1. The van der Waals surface area contributed by atoms with Crippen molar-refractivity contribution < 1.29 is 19.1 Å². The molecule has 2 heterocycles. The third kappa shape index (κ3) is 4.40. The second-order valence-corrected chi connectivity index (χ2v) is 8.14. The molecule has 3 amide bonds. The maximum absolute atomic E-state index is 12.9. The average molecular weight is 421 g/mol. The number of piperidine rings is 1. The van der Waals surface area contributed by atoms with Gasteiger partial charge in [0.15, 0.2) is 0 Å². The van der Waals surface area contributed by atoms with Gasteiger partial charge in [-0.2, -0.15) is 0 Å². The molecule has 2 aliphatic heterocycles. The van der Waals surface area contributed by atoms with E-state index >= 15 is 0 Å². The summed E-state index contributed by atoms with van der Waals surface area (Å²) in [6, 6.07) is 12.5. The van der Waals surface area contributed by atoms with Gasteiger partial charge in [-0.15, -0.1) is 0 Å². The van der Waals surface area contributed by atoms with Crippen LogP contribution in [-0.4, -0.2) is 48.5 Å². The van der Waals surface area contributed by atoms with E-state index < -0.39 is 0 Å². The normalized spacial score (nSPS) is 18.6. The number of nitrogens with zero attached hydrogens (tertiary/aromatic N) is 2. The van der Waals surface area contributed by atoms with Crippen molar-refractivity contribution in [1.29, 1.82) is 0 Å². The van der Waals surface area contributed by atoms with Gasteiger partial charge in [0, 0.05) is 35.1 Å². The Morgan fingerprint density at radius 1 is 1.03 bits per heavy atom. The number of aryl methyl sites for hydroxylation is 1. The summed E-state index contributed by atoms with van der Waals surface area (Å²) in [4.78, 5) is 40.7. The molecular formula is C24H27N3O4. The van der Waals surface area contributed by atoms with Crippen molar-refractivity contribution in [3.05, 3.63) is 59.2 Å². The highest BCUT2D eigenvalue weighted by Crippen LogP contribution is 2.24. The number of hydrogen-bond acceptors (Lipinski definition) is 4. The first-order valence-corrected chi connectivity index (χ1v) is 10.7. The summed E-state index contributed by atoms with van der Waals surface area (Å²) in [5.74, 6) is -0.202. The van der Waals surface area contributed by atoms with Crippen molar-refractivity contribution in [2.45, 2.75) is 39.2 Å². The number of amides is 3. The zero-order valence-corrected chi connectivity index (χ0v) is 17.9. The first-order chi connectivity index (χ1) is 14.9. The number of hydrogen-bond donors (Lipinski definition) is 1. The molecule has 7 nitrogen and oxygen atoms in total. The van der Waals surface area contributed by atoms with Gasteiger partial charge < -0.3 is 15.0 Å². The van der Waals surface area contributed by atoms with Crippen molar-refractivity contribution in [1.82, 2.24) is 4.90 Å². The Hall–Kier alpha value is -3.35. The molecule has 2 aliphatic rings.